The molecule has 2 heterocycles. The maximum absolute atomic E-state index is 11.6. The van der Waals surface area contributed by atoms with Crippen molar-refractivity contribution < 1.29 is 9.59 Å². The average molecular weight is 279 g/mol. The van der Waals surface area contributed by atoms with Gasteiger partial charge in [-0.25, -0.2) is 0 Å². The molecule has 1 aliphatic heterocycles. The van der Waals surface area contributed by atoms with Crippen molar-refractivity contribution in [2.45, 2.75) is 38.6 Å². The average Bonchev–Trinajstić information content (AvgIpc) is 2.94. The summed E-state index contributed by atoms with van der Waals surface area (Å²) in [5.74, 6) is 0.248. The molecule has 0 saturated carbocycles. The zero-order valence-corrected chi connectivity index (χ0v) is 11.6. The Balaban J connectivity index is 1.54. The monoisotopic (exact) mass is 279 g/mol. The summed E-state index contributed by atoms with van der Waals surface area (Å²) in [6, 6.07) is 0. The zero-order valence-electron chi connectivity index (χ0n) is 11.6. The van der Waals surface area contributed by atoms with E-state index in [0.29, 0.717) is 32.5 Å². The Morgan fingerprint density at radius 1 is 1.35 bits per heavy atom. The fraction of sp³-hybridized carbons (Fsp3) is 0.692. The Hall–Kier alpha value is -1.92. The van der Waals surface area contributed by atoms with Gasteiger partial charge in [0.15, 0.2) is 0 Å². The van der Waals surface area contributed by atoms with Gasteiger partial charge in [-0.05, 0) is 19.3 Å². The summed E-state index contributed by atoms with van der Waals surface area (Å²) in [4.78, 5) is 25.1. The number of amides is 2. The van der Waals surface area contributed by atoms with Crippen LogP contribution in [0.1, 0.15) is 32.1 Å². The van der Waals surface area contributed by atoms with Crippen LogP contribution in [0, 0.1) is 0 Å². The molecule has 0 bridgehead atoms. The highest BCUT2D eigenvalue weighted by molar-refractivity contribution is 5.77. The smallest absolute Gasteiger partial charge is 0.222 e. The second-order valence-corrected chi connectivity index (χ2v) is 4.96. The van der Waals surface area contributed by atoms with Crippen LogP contribution in [0.5, 0.6) is 0 Å². The van der Waals surface area contributed by atoms with E-state index in [4.69, 9.17) is 0 Å². The maximum atomic E-state index is 11.6. The summed E-state index contributed by atoms with van der Waals surface area (Å²) in [5.41, 5.74) is 0. The number of piperidine rings is 1. The van der Waals surface area contributed by atoms with Gasteiger partial charge in [0, 0.05) is 38.7 Å². The number of likely N-dealkylation sites (tertiary alicyclic amines) is 1. The molecule has 0 aliphatic carbocycles. The number of hydrogen-bond acceptors (Lipinski definition) is 4. The zero-order chi connectivity index (χ0) is 14.2. The predicted octanol–water partition coefficient (Wildman–Crippen LogP) is 0.187. The Morgan fingerprint density at radius 2 is 2.25 bits per heavy atom. The van der Waals surface area contributed by atoms with Gasteiger partial charge in [0.2, 0.25) is 11.8 Å². The van der Waals surface area contributed by atoms with Crippen molar-refractivity contribution in [2.24, 2.45) is 0 Å². The number of carbonyl (C=O) groups excluding carboxylic acids is 2. The summed E-state index contributed by atoms with van der Waals surface area (Å²) in [6.45, 7) is 2.70. The van der Waals surface area contributed by atoms with E-state index in [-0.39, 0.29) is 11.8 Å². The third kappa shape index (κ3) is 4.64. The molecule has 0 spiro atoms. The van der Waals surface area contributed by atoms with E-state index in [9.17, 15) is 9.59 Å². The normalized spacial score (nSPS) is 15.4. The topological polar surface area (TPSA) is 80.1 Å². The first kappa shape index (κ1) is 14.5. The summed E-state index contributed by atoms with van der Waals surface area (Å²) in [7, 11) is 0. The predicted molar refractivity (Wildman–Crippen MR) is 72.7 cm³/mol. The lowest BCUT2D eigenvalue weighted by molar-refractivity contribution is -0.133. The van der Waals surface area contributed by atoms with E-state index >= 15 is 0 Å². The van der Waals surface area contributed by atoms with E-state index in [0.717, 1.165) is 25.8 Å². The standard InChI is InChI=1S/C13H21N5O2/c19-12(14-6-10-18-11-7-15-16-18)4-3-9-17-8-2-1-5-13(17)20/h7,11H,1-6,8-10H2,(H,14,19). The van der Waals surface area contributed by atoms with Crippen molar-refractivity contribution in [3.05, 3.63) is 12.4 Å². The number of nitrogens with one attached hydrogen (secondary N) is 1. The van der Waals surface area contributed by atoms with Crippen molar-refractivity contribution in [1.82, 2.24) is 25.2 Å². The van der Waals surface area contributed by atoms with Crippen LogP contribution in [0.25, 0.3) is 0 Å². The van der Waals surface area contributed by atoms with Crippen molar-refractivity contribution in [3.63, 3.8) is 0 Å². The fourth-order valence-electron chi connectivity index (χ4n) is 2.28. The minimum absolute atomic E-state index is 0.0228. The second kappa shape index (κ2) is 7.62. The molecule has 1 N–H and O–H groups in total. The quantitative estimate of drug-likeness (QED) is 0.772. The highest BCUT2D eigenvalue weighted by Gasteiger charge is 2.17. The van der Waals surface area contributed by atoms with Crippen LogP contribution in [0.2, 0.25) is 0 Å². The Morgan fingerprint density at radius 3 is 3.00 bits per heavy atom. The molecule has 110 valence electrons. The van der Waals surface area contributed by atoms with Crippen LogP contribution >= 0.6 is 0 Å². The molecule has 1 aromatic heterocycles. The molecule has 7 heteroatoms. The summed E-state index contributed by atoms with van der Waals surface area (Å²) in [5, 5.41) is 10.3. The number of hydrogen-bond donors (Lipinski definition) is 1. The second-order valence-electron chi connectivity index (χ2n) is 4.96. The van der Waals surface area contributed by atoms with E-state index in [1.54, 1.807) is 17.1 Å². The van der Waals surface area contributed by atoms with Crippen LogP contribution in [0.15, 0.2) is 12.4 Å². The fourth-order valence-corrected chi connectivity index (χ4v) is 2.28. The van der Waals surface area contributed by atoms with Gasteiger partial charge in [-0.1, -0.05) is 5.21 Å². The third-order valence-corrected chi connectivity index (χ3v) is 3.39. The molecule has 1 fully saturated rings. The molecule has 0 atom stereocenters. The molecule has 7 nitrogen and oxygen atoms in total. The van der Waals surface area contributed by atoms with Crippen molar-refractivity contribution in [3.8, 4) is 0 Å². The molecular weight excluding hydrogens is 258 g/mol. The van der Waals surface area contributed by atoms with Crippen LogP contribution in [-0.2, 0) is 16.1 Å². The summed E-state index contributed by atoms with van der Waals surface area (Å²) >= 11 is 0. The van der Waals surface area contributed by atoms with Crippen molar-refractivity contribution in [1.29, 1.82) is 0 Å². The molecule has 0 radical (unpaired) electrons. The highest BCUT2D eigenvalue weighted by Crippen LogP contribution is 2.11. The molecule has 2 rings (SSSR count). The van der Waals surface area contributed by atoms with Gasteiger partial charge in [-0.2, -0.15) is 0 Å². The molecule has 1 aromatic rings. The minimum Gasteiger partial charge on any atom is -0.354 e. The van der Waals surface area contributed by atoms with Gasteiger partial charge in [0.05, 0.1) is 12.7 Å². The lowest BCUT2D eigenvalue weighted by Gasteiger charge is -2.26. The van der Waals surface area contributed by atoms with Gasteiger partial charge in [-0.3, -0.25) is 14.3 Å². The first-order valence-electron chi connectivity index (χ1n) is 7.14. The molecular formula is C13H21N5O2. The van der Waals surface area contributed by atoms with Crippen LogP contribution in [0.4, 0.5) is 0 Å². The number of nitrogens with zero attached hydrogens (tertiary/aromatic N) is 4. The van der Waals surface area contributed by atoms with Gasteiger partial charge < -0.3 is 10.2 Å². The molecule has 2 amide bonds. The van der Waals surface area contributed by atoms with Crippen LogP contribution < -0.4 is 5.32 Å². The van der Waals surface area contributed by atoms with Gasteiger partial charge in [0.25, 0.3) is 0 Å². The third-order valence-electron chi connectivity index (χ3n) is 3.39. The van der Waals surface area contributed by atoms with E-state index in [1.807, 2.05) is 4.90 Å². The molecule has 1 saturated heterocycles. The van der Waals surface area contributed by atoms with Gasteiger partial charge in [-0.15, -0.1) is 5.10 Å². The Kier molecular flexibility index (Phi) is 5.52. The Labute approximate surface area is 118 Å². The van der Waals surface area contributed by atoms with Crippen LogP contribution in [0.3, 0.4) is 0 Å². The van der Waals surface area contributed by atoms with E-state index in [2.05, 4.69) is 15.6 Å². The summed E-state index contributed by atoms with van der Waals surface area (Å²) < 4.78 is 1.67. The maximum Gasteiger partial charge on any atom is 0.222 e. The molecule has 0 aromatic carbocycles. The van der Waals surface area contributed by atoms with E-state index < -0.39 is 0 Å². The minimum atomic E-state index is 0.0228. The highest BCUT2D eigenvalue weighted by atomic mass is 16.2. The van der Waals surface area contributed by atoms with Crippen LogP contribution in [-0.4, -0.2) is 51.3 Å². The number of carbonyl (C=O) groups is 2. The van der Waals surface area contributed by atoms with Gasteiger partial charge >= 0.3 is 0 Å². The lowest BCUT2D eigenvalue weighted by Crippen LogP contribution is -2.36. The largest absolute Gasteiger partial charge is 0.354 e. The van der Waals surface area contributed by atoms with Crippen molar-refractivity contribution in [2.75, 3.05) is 19.6 Å². The Bertz CT molecular complexity index is 432. The van der Waals surface area contributed by atoms with Gasteiger partial charge in [0.1, 0.15) is 0 Å². The first-order chi connectivity index (χ1) is 9.75. The first-order valence-corrected chi connectivity index (χ1v) is 7.14. The van der Waals surface area contributed by atoms with E-state index in [1.165, 1.54) is 0 Å². The number of aromatic nitrogens is 3. The lowest BCUT2D eigenvalue weighted by atomic mass is 10.1. The number of rotatable bonds is 7. The van der Waals surface area contributed by atoms with Crippen molar-refractivity contribution >= 4 is 11.8 Å². The SMILES string of the molecule is O=C(CCCN1CCCCC1=O)NCCn1ccnn1. The molecule has 1 aliphatic rings. The molecule has 0 unspecified atom stereocenters. The summed E-state index contributed by atoms with van der Waals surface area (Å²) in [6.07, 6.45) is 7.28. The molecule has 20 heavy (non-hydrogen) atoms.